The summed E-state index contributed by atoms with van der Waals surface area (Å²) in [5.41, 5.74) is 4.18. The molecule has 0 bridgehead atoms. The van der Waals surface area contributed by atoms with E-state index in [9.17, 15) is 4.79 Å². The third-order valence-electron chi connectivity index (χ3n) is 4.35. The highest BCUT2D eigenvalue weighted by atomic mass is 16.5. The third-order valence-corrected chi connectivity index (χ3v) is 4.35. The Morgan fingerprint density at radius 3 is 2.64 bits per heavy atom. The zero-order valence-corrected chi connectivity index (χ0v) is 15.1. The second-order valence-electron chi connectivity index (χ2n) is 6.36. The van der Waals surface area contributed by atoms with Gasteiger partial charge in [0.05, 0.1) is 35.8 Å². The van der Waals surface area contributed by atoms with Gasteiger partial charge in [0.25, 0.3) is 0 Å². The molecule has 3 aromatic rings. The number of benzene rings is 1. The Bertz CT molecular complexity index is 930. The van der Waals surface area contributed by atoms with E-state index in [0.717, 1.165) is 27.8 Å². The lowest BCUT2D eigenvalue weighted by Gasteiger charge is -2.26. The van der Waals surface area contributed by atoms with Crippen LogP contribution in [0.15, 0.2) is 36.7 Å². The monoisotopic (exact) mass is 338 g/mol. The van der Waals surface area contributed by atoms with Crippen LogP contribution in [0.5, 0.6) is 0 Å². The number of esters is 1. The molecule has 6 heteroatoms. The van der Waals surface area contributed by atoms with E-state index in [-0.39, 0.29) is 5.97 Å². The second kappa shape index (κ2) is 6.55. The summed E-state index contributed by atoms with van der Waals surface area (Å²) in [6.07, 6.45) is 3.77. The summed E-state index contributed by atoms with van der Waals surface area (Å²) in [5, 5.41) is 5.16. The van der Waals surface area contributed by atoms with Gasteiger partial charge in [0, 0.05) is 37.3 Å². The number of hydrogen-bond donors (Lipinski definition) is 0. The molecule has 0 N–H and O–H groups in total. The molecule has 0 amide bonds. The van der Waals surface area contributed by atoms with Gasteiger partial charge < -0.3 is 9.64 Å². The molecular weight excluding hydrogens is 316 g/mol. The van der Waals surface area contributed by atoms with Gasteiger partial charge in [-0.2, -0.15) is 5.10 Å². The molecule has 0 fully saturated rings. The molecule has 0 saturated heterocycles. The largest absolute Gasteiger partial charge is 0.465 e. The number of hydrogen-bond acceptors (Lipinski definition) is 5. The van der Waals surface area contributed by atoms with Crippen LogP contribution in [0.25, 0.3) is 22.2 Å². The smallest absolute Gasteiger partial charge is 0.337 e. The summed E-state index contributed by atoms with van der Waals surface area (Å²) >= 11 is 0. The standard InChI is InChI=1S/C19H22N4O2/c1-12(2)23(4)17-9-14-8-13(19(24)25-5)6-7-16(14)21-18(17)15-10-20-22(3)11-15/h6-12H,1-5H3. The molecule has 0 aliphatic carbocycles. The minimum absolute atomic E-state index is 0.304. The number of carbonyl (C=O) groups excluding carboxylic acids is 1. The first-order chi connectivity index (χ1) is 11.9. The first-order valence-corrected chi connectivity index (χ1v) is 8.15. The molecule has 0 atom stereocenters. The first-order valence-electron chi connectivity index (χ1n) is 8.15. The summed E-state index contributed by atoms with van der Waals surface area (Å²) in [4.78, 5) is 18.8. The number of rotatable bonds is 4. The number of ether oxygens (including phenoxy) is 1. The molecule has 130 valence electrons. The van der Waals surface area contributed by atoms with Crippen molar-refractivity contribution in [1.82, 2.24) is 14.8 Å². The van der Waals surface area contributed by atoms with Crippen molar-refractivity contribution in [3.05, 3.63) is 42.2 Å². The molecule has 1 aromatic carbocycles. The fraction of sp³-hybridized carbons (Fsp3) is 0.316. The van der Waals surface area contributed by atoms with Crippen LogP contribution < -0.4 is 4.90 Å². The number of anilines is 1. The van der Waals surface area contributed by atoms with Gasteiger partial charge in [0.15, 0.2) is 0 Å². The highest BCUT2D eigenvalue weighted by Gasteiger charge is 2.17. The van der Waals surface area contributed by atoms with E-state index in [2.05, 4.69) is 29.9 Å². The summed E-state index contributed by atoms with van der Waals surface area (Å²) in [5.74, 6) is -0.350. The van der Waals surface area contributed by atoms with Gasteiger partial charge in [0.1, 0.15) is 0 Å². The number of fused-ring (bicyclic) bond motifs is 1. The van der Waals surface area contributed by atoms with Crippen LogP contribution in [-0.2, 0) is 11.8 Å². The van der Waals surface area contributed by atoms with Crippen LogP contribution in [0.3, 0.4) is 0 Å². The normalized spacial score (nSPS) is 11.1. The van der Waals surface area contributed by atoms with Crippen molar-refractivity contribution in [2.75, 3.05) is 19.1 Å². The number of aryl methyl sites for hydroxylation is 1. The van der Waals surface area contributed by atoms with Crippen molar-refractivity contribution in [3.8, 4) is 11.3 Å². The quantitative estimate of drug-likeness (QED) is 0.683. The second-order valence-corrected chi connectivity index (χ2v) is 6.36. The Balaban J connectivity index is 2.23. The Morgan fingerprint density at radius 2 is 2.04 bits per heavy atom. The summed E-state index contributed by atoms with van der Waals surface area (Å²) in [6.45, 7) is 4.25. The van der Waals surface area contributed by atoms with E-state index in [1.165, 1.54) is 7.11 Å². The zero-order valence-electron chi connectivity index (χ0n) is 15.1. The Hall–Kier alpha value is -2.89. The molecule has 0 aliphatic rings. The fourth-order valence-corrected chi connectivity index (χ4v) is 2.71. The van der Waals surface area contributed by atoms with Gasteiger partial charge in [-0.3, -0.25) is 4.68 Å². The molecule has 0 spiro atoms. The van der Waals surface area contributed by atoms with E-state index in [4.69, 9.17) is 9.72 Å². The van der Waals surface area contributed by atoms with Crippen molar-refractivity contribution in [2.45, 2.75) is 19.9 Å². The Morgan fingerprint density at radius 1 is 1.28 bits per heavy atom. The van der Waals surface area contributed by atoms with E-state index >= 15 is 0 Å². The molecule has 25 heavy (non-hydrogen) atoms. The van der Waals surface area contributed by atoms with Crippen molar-refractivity contribution in [2.24, 2.45) is 7.05 Å². The number of carbonyl (C=O) groups is 1. The van der Waals surface area contributed by atoms with Crippen molar-refractivity contribution < 1.29 is 9.53 Å². The first kappa shape index (κ1) is 17.0. The van der Waals surface area contributed by atoms with Gasteiger partial charge in [-0.15, -0.1) is 0 Å². The van der Waals surface area contributed by atoms with Crippen LogP contribution in [0, 0.1) is 0 Å². The lowest BCUT2D eigenvalue weighted by molar-refractivity contribution is 0.0601. The van der Waals surface area contributed by atoms with E-state index < -0.39 is 0 Å². The van der Waals surface area contributed by atoms with Crippen LogP contribution >= 0.6 is 0 Å². The number of methoxy groups -OCH3 is 1. The van der Waals surface area contributed by atoms with E-state index in [0.29, 0.717) is 11.6 Å². The minimum atomic E-state index is -0.350. The predicted octanol–water partition coefficient (Wildman–Crippen LogP) is 3.27. The third kappa shape index (κ3) is 3.20. The van der Waals surface area contributed by atoms with Crippen LogP contribution in [0.4, 0.5) is 5.69 Å². The Kier molecular flexibility index (Phi) is 4.44. The number of pyridine rings is 1. The molecule has 3 rings (SSSR count). The highest BCUT2D eigenvalue weighted by Crippen LogP contribution is 2.33. The van der Waals surface area contributed by atoms with Crippen LogP contribution in [0.1, 0.15) is 24.2 Å². The molecule has 0 unspecified atom stereocenters. The molecule has 2 heterocycles. The maximum absolute atomic E-state index is 11.8. The van der Waals surface area contributed by atoms with E-state index in [1.807, 2.05) is 38.6 Å². The topological polar surface area (TPSA) is 60.2 Å². The summed E-state index contributed by atoms with van der Waals surface area (Å²) in [6, 6.07) is 7.77. The molecule has 0 saturated carbocycles. The molecule has 6 nitrogen and oxygen atoms in total. The lowest BCUT2D eigenvalue weighted by atomic mass is 10.1. The summed E-state index contributed by atoms with van der Waals surface area (Å²) < 4.78 is 6.58. The minimum Gasteiger partial charge on any atom is -0.465 e. The van der Waals surface area contributed by atoms with Crippen LogP contribution in [0.2, 0.25) is 0 Å². The fourth-order valence-electron chi connectivity index (χ4n) is 2.71. The van der Waals surface area contributed by atoms with Crippen molar-refractivity contribution >= 4 is 22.6 Å². The lowest BCUT2D eigenvalue weighted by Crippen LogP contribution is -2.26. The van der Waals surface area contributed by atoms with Gasteiger partial charge in [-0.25, -0.2) is 9.78 Å². The maximum atomic E-state index is 11.8. The Labute approximate surface area is 147 Å². The molecular formula is C19H22N4O2. The molecule has 0 aliphatic heterocycles. The predicted molar refractivity (Wildman–Crippen MR) is 98.8 cm³/mol. The average molecular weight is 338 g/mol. The number of aromatic nitrogens is 3. The summed E-state index contributed by atoms with van der Waals surface area (Å²) in [7, 11) is 5.31. The van der Waals surface area contributed by atoms with Crippen molar-refractivity contribution in [1.29, 1.82) is 0 Å². The van der Waals surface area contributed by atoms with Gasteiger partial charge in [0.2, 0.25) is 0 Å². The van der Waals surface area contributed by atoms with Gasteiger partial charge in [-0.05, 0) is 38.1 Å². The number of nitrogens with zero attached hydrogens (tertiary/aromatic N) is 4. The molecule has 2 aromatic heterocycles. The van der Waals surface area contributed by atoms with Gasteiger partial charge in [-0.1, -0.05) is 0 Å². The van der Waals surface area contributed by atoms with E-state index in [1.54, 1.807) is 10.7 Å². The maximum Gasteiger partial charge on any atom is 0.337 e. The molecule has 0 radical (unpaired) electrons. The SMILES string of the molecule is COC(=O)c1ccc2nc(-c3cnn(C)c3)c(N(C)C(C)C)cc2c1. The van der Waals surface area contributed by atoms with Crippen LogP contribution in [-0.4, -0.2) is 40.9 Å². The van der Waals surface area contributed by atoms with Gasteiger partial charge >= 0.3 is 5.97 Å². The van der Waals surface area contributed by atoms with Crippen molar-refractivity contribution in [3.63, 3.8) is 0 Å². The highest BCUT2D eigenvalue weighted by molar-refractivity contribution is 5.96. The average Bonchev–Trinajstić information content (AvgIpc) is 3.04. The zero-order chi connectivity index (χ0) is 18.1.